The predicted octanol–water partition coefficient (Wildman–Crippen LogP) is 4.27. The van der Waals surface area contributed by atoms with Crippen molar-refractivity contribution in [2.45, 2.75) is 0 Å². The highest BCUT2D eigenvalue weighted by Crippen LogP contribution is 2.38. The van der Waals surface area contributed by atoms with E-state index in [1.807, 2.05) is 30.3 Å². The van der Waals surface area contributed by atoms with Gasteiger partial charge in [0.2, 0.25) is 0 Å². The molecule has 0 atom stereocenters. The fourth-order valence-corrected chi connectivity index (χ4v) is 4.45. The zero-order valence-electron chi connectivity index (χ0n) is 19.7. The molecule has 2 amide bonds. The van der Waals surface area contributed by atoms with Gasteiger partial charge in [-0.25, -0.2) is 4.90 Å². The zero-order chi connectivity index (χ0) is 24.4. The molecule has 7 nitrogen and oxygen atoms in total. The molecule has 0 aliphatic carbocycles. The number of imide groups is 1. The van der Waals surface area contributed by atoms with Crippen molar-refractivity contribution in [1.29, 1.82) is 0 Å². The van der Waals surface area contributed by atoms with Crippen LogP contribution in [0.3, 0.4) is 0 Å². The second-order valence-corrected chi connectivity index (χ2v) is 8.28. The minimum Gasteiger partial charge on any atom is -0.497 e. The average molecular weight is 471 g/mol. The lowest BCUT2D eigenvalue weighted by Crippen LogP contribution is -2.42. The largest absolute Gasteiger partial charge is 0.497 e. The lowest BCUT2D eigenvalue weighted by Gasteiger charge is -2.30. The summed E-state index contributed by atoms with van der Waals surface area (Å²) in [6.07, 6.45) is 1.82. The van der Waals surface area contributed by atoms with Gasteiger partial charge in [-0.05, 0) is 54.1 Å². The summed E-state index contributed by atoms with van der Waals surface area (Å²) >= 11 is 0. The Balaban J connectivity index is 1.59. The Morgan fingerprint density at radius 2 is 1.57 bits per heavy atom. The van der Waals surface area contributed by atoms with Gasteiger partial charge in [-0.2, -0.15) is 0 Å². The number of fused-ring (bicyclic) bond motifs is 1. The first kappa shape index (κ1) is 22.7. The van der Waals surface area contributed by atoms with E-state index in [-0.39, 0.29) is 0 Å². The SMILES string of the molecule is COc1ccc2c(c1)C(=O)N(c1ccccc1OC)C(=O)C2=Cc1ccc(N2CCOCC2)cc1. The van der Waals surface area contributed by atoms with Crippen molar-refractivity contribution in [3.63, 3.8) is 0 Å². The molecule has 0 unspecified atom stereocenters. The number of methoxy groups -OCH3 is 2. The van der Waals surface area contributed by atoms with E-state index in [4.69, 9.17) is 14.2 Å². The number of ether oxygens (including phenoxy) is 3. The molecule has 5 rings (SSSR count). The molecular weight excluding hydrogens is 444 g/mol. The van der Waals surface area contributed by atoms with E-state index in [9.17, 15) is 9.59 Å². The van der Waals surface area contributed by atoms with Crippen LogP contribution in [0.2, 0.25) is 0 Å². The second kappa shape index (κ2) is 9.64. The van der Waals surface area contributed by atoms with Gasteiger partial charge in [-0.3, -0.25) is 9.59 Å². The topological polar surface area (TPSA) is 68.3 Å². The van der Waals surface area contributed by atoms with E-state index in [1.54, 1.807) is 49.6 Å². The van der Waals surface area contributed by atoms with Crippen LogP contribution in [0.4, 0.5) is 11.4 Å². The number of carbonyl (C=O) groups is 2. The molecule has 0 bridgehead atoms. The molecule has 35 heavy (non-hydrogen) atoms. The Labute approximate surface area is 204 Å². The van der Waals surface area contributed by atoms with E-state index >= 15 is 0 Å². The van der Waals surface area contributed by atoms with E-state index in [1.165, 1.54) is 12.0 Å². The predicted molar refractivity (Wildman–Crippen MR) is 135 cm³/mol. The highest BCUT2D eigenvalue weighted by molar-refractivity contribution is 6.43. The Bertz CT molecular complexity index is 1290. The first-order valence-corrected chi connectivity index (χ1v) is 11.5. The van der Waals surface area contributed by atoms with Gasteiger partial charge < -0.3 is 19.1 Å². The summed E-state index contributed by atoms with van der Waals surface area (Å²) in [4.78, 5) is 30.7. The maximum absolute atomic E-state index is 13.8. The number of morpholine rings is 1. The third-order valence-electron chi connectivity index (χ3n) is 6.29. The maximum Gasteiger partial charge on any atom is 0.266 e. The van der Waals surface area contributed by atoms with Crippen LogP contribution < -0.4 is 19.3 Å². The quantitative estimate of drug-likeness (QED) is 0.410. The van der Waals surface area contributed by atoms with Crippen molar-refractivity contribution >= 4 is 34.8 Å². The van der Waals surface area contributed by atoms with Gasteiger partial charge >= 0.3 is 0 Å². The first-order valence-electron chi connectivity index (χ1n) is 11.5. The van der Waals surface area contributed by atoms with Gasteiger partial charge in [0.25, 0.3) is 11.8 Å². The van der Waals surface area contributed by atoms with E-state index in [0.717, 1.165) is 24.3 Å². The van der Waals surface area contributed by atoms with Crippen LogP contribution in [0, 0.1) is 0 Å². The summed E-state index contributed by atoms with van der Waals surface area (Å²) in [5.74, 6) is 0.151. The smallest absolute Gasteiger partial charge is 0.266 e. The maximum atomic E-state index is 13.8. The highest BCUT2D eigenvalue weighted by atomic mass is 16.5. The van der Waals surface area contributed by atoms with Crippen LogP contribution in [0.25, 0.3) is 11.6 Å². The van der Waals surface area contributed by atoms with Gasteiger partial charge in [0.15, 0.2) is 0 Å². The number of rotatable bonds is 5. The normalized spacial score (nSPS) is 16.9. The molecule has 2 aliphatic rings. The zero-order valence-corrected chi connectivity index (χ0v) is 19.7. The number of amides is 2. The van der Waals surface area contributed by atoms with Gasteiger partial charge in [0.05, 0.1) is 38.7 Å². The van der Waals surface area contributed by atoms with Crippen molar-refractivity contribution < 1.29 is 23.8 Å². The Morgan fingerprint density at radius 1 is 0.829 bits per heavy atom. The van der Waals surface area contributed by atoms with E-state index in [2.05, 4.69) is 4.90 Å². The van der Waals surface area contributed by atoms with Crippen LogP contribution in [0.1, 0.15) is 21.5 Å². The summed E-state index contributed by atoms with van der Waals surface area (Å²) in [5.41, 5.74) is 3.76. The van der Waals surface area contributed by atoms with Crippen molar-refractivity contribution in [3.8, 4) is 11.5 Å². The summed E-state index contributed by atoms with van der Waals surface area (Å²) in [7, 11) is 3.06. The number of benzene rings is 3. The molecular formula is C28H26N2O5. The molecule has 7 heteroatoms. The van der Waals surface area contributed by atoms with Crippen LogP contribution in [-0.4, -0.2) is 52.3 Å². The van der Waals surface area contributed by atoms with Crippen molar-refractivity contribution in [2.75, 3.05) is 50.3 Å². The lowest BCUT2D eigenvalue weighted by molar-refractivity contribution is -0.112. The molecule has 1 fully saturated rings. The number of anilines is 2. The fraction of sp³-hybridized carbons (Fsp3) is 0.214. The van der Waals surface area contributed by atoms with Gasteiger partial charge in [-0.15, -0.1) is 0 Å². The van der Waals surface area contributed by atoms with Gasteiger partial charge in [0.1, 0.15) is 11.5 Å². The Kier molecular flexibility index (Phi) is 6.25. The Morgan fingerprint density at radius 3 is 2.29 bits per heavy atom. The second-order valence-electron chi connectivity index (χ2n) is 8.28. The number of para-hydroxylation sites is 2. The first-order chi connectivity index (χ1) is 17.1. The molecule has 0 radical (unpaired) electrons. The fourth-order valence-electron chi connectivity index (χ4n) is 4.45. The van der Waals surface area contributed by atoms with Crippen molar-refractivity contribution in [1.82, 2.24) is 0 Å². The lowest BCUT2D eigenvalue weighted by atomic mass is 9.91. The van der Waals surface area contributed by atoms with E-state index in [0.29, 0.717) is 47.1 Å². The van der Waals surface area contributed by atoms with E-state index < -0.39 is 11.8 Å². The third-order valence-corrected chi connectivity index (χ3v) is 6.29. The standard InChI is InChI=1S/C28H26N2O5/c1-33-21-11-12-22-23(17-19-7-9-20(10-8-19)29-13-15-35-16-14-29)27(31)30(28(32)24(22)18-21)25-5-3-4-6-26(25)34-2/h3-12,17-18H,13-16H2,1-2H3. The summed E-state index contributed by atoms with van der Waals surface area (Å²) < 4.78 is 16.2. The third kappa shape index (κ3) is 4.26. The van der Waals surface area contributed by atoms with Gasteiger partial charge in [0, 0.05) is 29.9 Å². The molecule has 3 aromatic rings. The van der Waals surface area contributed by atoms with Crippen LogP contribution in [0.15, 0.2) is 66.7 Å². The average Bonchev–Trinajstić information content (AvgIpc) is 2.92. The van der Waals surface area contributed by atoms with Crippen molar-refractivity contribution in [2.24, 2.45) is 0 Å². The molecule has 2 heterocycles. The summed E-state index contributed by atoms with van der Waals surface area (Å²) in [5, 5.41) is 0. The summed E-state index contributed by atoms with van der Waals surface area (Å²) in [6.45, 7) is 3.13. The number of hydrogen-bond donors (Lipinski definition) is 0. The van der Waals surface area contributed by atoms with Crippen LogP contribution >= 0.6 is 0 Å². The number of nitrogens with zero attached hydrogens (tertiary/aromatic N) is 2. The molecule has 0 aromatic heterocycles. The molecule has 0 spiro atoms. The minimum absolute atomic E-state index is 0.394. The molecule has 1 saturated heterocycles. The highest BCUT2D eigenvalue weighted by Gasteiger charge is 2.37. The number of hydrogen-bond acceptors (Lipinski definition) is 6. The number of carbonyl (C=O) groups excluding carboxylic acids is 2. The molecule has 2 aliphatic heterocycles. The van der Waals surface area contributed by atoms with Crippen LogP contribution in [-0.2, 0) is 9.53 Å². The Hall–Kier alpha value is -4.10. The molecule has 0 N–H and O–H groups in total. The minimum atomic E-state index is -0.423. The molecule has 178 valence electrons. The molecule has 3 aromatic carbocycles. The van der Waals surface area contributed by atoms with Crippen LogP contribution in [0.5, 0.6) is 11.5 Å². The van der Waals surface area contributed by atoms with Crippen molar-refractivity contribution in [3.05, 3.63) is 83.4 Å². The van der Waals surface area contributed by atoms with Gasteiger partial charge in [-0.1, -0.05) is 24.3 Å². The summed E-state index contributed by atoms with van der Waals surface area (Å²) in [6, 6.07) is 20.2. The monoisotopic (exact) mass is 470 g/mol. The molecule has 0 saturated carbocycles.